The first-order chi connectivity index (χ1) is 14.5. The third-order valence-corrected chi connectivity index (χ3v) is 7.03. The predicted molar refractivity (Wildman–Crippen MR) is 104 cm³/mol. The van der Waals surface area contributed by atoms with Gasteiger partial charge in [-0.25, -0.2) is 8.78 Å². The summed E-state index contributed by atoms with van der Waals surface area (Å²) < 4.78 is 29.6. The number of nitrogens with zero attached hydrogens (tertiary/aromatic N) is 2. The fourth-order valence-corrected chi connectivity index (χ4v) is 5.45. The Bertz CT molecular complexity index is 908. The fourth-order valence-electron chi connectivity index (χ4n) is 5.45. The average Bonchev–Trinajstić information content (AvgIpc) is 3.11. The van der Waals surface area contributed by atoms with Crippen molar-refractivity contribution >= 4 is 23.7 Å². The van der Waals surface area contributed by atoms with E-state index < -0.39 is 29.4 Å². The van der Waals surface area contributed by atoms with Gasteiger partial charge in [-0.3, -0.25) is 14.4 Å². The Balaban J connectivity index is 1.43. The highest BCUT2D eigenvalue weighted by molar-refractivity contribution is 6.27. The van der Waals surface area contributed by atoms with Crippen LogP contribution in [0.2, 0.25) is 0 Å². The molecule has 160 valence electrons. The summed E-state index contributed by atoms with van der Waals surface area (Å²) in [5, 5.41) is 6.44. The summed E-state index contributed by atoms with van der Waals surface area (Å²) >= 11 is 0. The molecule has 2 N–H and O–H groups in total. The Morgan fingerprint density at radius 1 is 1.03 bits per heavy atom. The summed E-state index contributed by atoms with van der Waals surface area (Å²) in [4.78, 5) is 39.0. The van der Waals surface area contributed by atoms with Gasteiger partial charge < -0.3 is 20.4 Å². The van der Waals surface area contributed by atoms with Gasteiger partial charge in [-0.05, 0) is 25.7 Å². The molecule has 9 heteroatoms. The fraction of sp³-hybridized carbons (Fsp3) is 0.571. The lowest BCUT2D eigenvalue weighted by Gasteiger charge is -2.47. The molecule has 0 saturated carbocycles. The van der Waals surface area contributed by atoms with Crippen molar-refractivity contribution in [1.29, 1.82) is 0 Å². The number of fused-ring (bicyclic) bond motifs is 4. The van der Waals surface area contributed by atoms with E-state index >= 15 is 0 Å². The Morgan fingerprint density at radius 2 is 1.77 bits per heavy atom. The molecule has 5 aliphatic heterocycles. The summed E-state index contributed by atoms with van der Waals surface area (Å²) in [5.74, 6) is -2.38. The highest BCUT2D eigenvalue weighted by Gasteiger charge is 2.43. The van der Waals surface area contributed by atoms with Crippen LogP contribution in [-0.4, -0.2) is 66.7 Å². The number of anilines is 1. The van der Waals surface area contributed by atoms with Crippen LogP contribution in [0.15, 0.2) is 6.07 Å². The second-order valence-corrected chi connectivity index (χ2v) is 8.68. The molecule has 0 radical (unpaired) electrons. The van der Waals surface area contributed by atoms with E-state index in [0.717, 1.165) is 25.5 Å². The largest absolute Gasteiger partial charge is 0.363 e. The van der Waals surface area contributed by atoms with E-state index in [1.165, 1.54) is 0 Å². The number of carbonyl (C=O) groups excluding carboxylic acids is 3. The van der Waals surface area contributed by atoms with Crippen LogP contribution in [0.25, 0.3) is 0 Å². The van der Waals surface area contributed by atoms with E-state index in [1.54, 1.807) is 4.90 Å². The van der Waals surface area contributed by atoms with Crippen LogP contribution in [0.5, 0.6) is 0 Å². The normalized spacial score (nSPS) is 30.5. The molecule has 5 aliphatic rings. The van der Waals surface area contributed by atoms with Crippen LogP contribution >= 0.6 is 0 Å². The van der Waals surface area contributed by atoms with Crippen LogP contribution in [0.4, 0.5) is 14.5 Å². The van der Waals surface area contributed by atoms with Crippen LogP contribution in [0.3, 0.4) is 0 Å². The highest BCUT2D eigenvalue weighted by atomic mass is 19.1. The van der Waals surface area contributed by atoms with Gasteiger partial charge in [0.25, 0.3) is 5.91 Å². The lowest BCUT2D eigenvalue weighted by atomic mass is 9.91. The van der Waals surface area contributed by atoms with E-state index in [2.05, 4.69) is 10.6 Å². The lowest BCUT2D eigenvalue weighted by molar-refractivity contribution is -0.131. The van der Waals surface area contributed by atoms with Gasteiger partial charge in [-0.1, -0.05) is 0 Å². The van der Waals surface area contributed by atoms with Gasteiger partial charge >= 0.3 is 0 Å². The minimum Gasteiger partial charge on any atom is -0.363 e. The van der Waals surface area contributed by atoms with Crippen molar-refractivity contribution in [1.82, 2.24) is 15.5 Å². The number of halogens is 2. The average molecular weight is 418 g/mol. The van der Waals surface area contributed by atoms with Gasteiger partial charge in [0.1, 0.15) is 11.6 Å². The minimum atomic E-state index is -0.822. The molecular weight excluding hydrogens is 394 g/mol. The number of carbonyl (C=O) groups is 3. The van der Waals surface area contributed by atoms with Crippen LogP contribution in [-0.2, 0) is 16.1 Å². The smallest absolute Gasteiger partial charge is 0.257 e. The molecule has 4 fully saturated rings. The number of ketones is 1. The minimum absolute atomic E-state index is 0.0353. The van der Waals surface area contributed by atoms with Gasteiger partial charge in [0.15, 0.2) is 6.29 Å². The lowest BCUT2D eigenvalue weighted by Crippen LogP contribution is -2.61. The number of aldehydes is 1. The van der Waals surface area contributed by atoms with E-state index in [0.29, 0.717) is 43.5 Å². The molecular formula is C21H24F2N4O3. The maximum Gasteiger partial charge on any atom is 0.257 e. The Kier molecular flexibility index (Phi) is 4.82. The number of rotatable bonds is 4. The van der Waals surface area contributed by atoms with Crippen molar-refractivity contribution in [3.63, 3.8) is 0 Å². The molecule has 6 rings (SSSR count). The quantitative estimate of drug-likeness (QED) is 0.555. The molecule has 1 aromatic carbocycles. The van der Waals surface area contributed by atoms with Crippen LogP contribution < -0.4 is 15.5 Å². The van der Waals surface area contributed by atoms with E-state index in [1.807, 2.05) is 4.90 Å². The second kappa shape index (κ2) is 7.39. The van der Waals surface area contributed by atoms with Crippen LogP contribution in [0.1, 0.15) is 41.6 Å². The topological polar surface area (TPSA) is 81.8 Å². The molecule has 0 aliphatic carbocycles. The number of piperidine rings is 3. The zero-order valence-corrected chi connectivity index (χ0v) is 16.5. The number of hydrogen-bond acceptors (Lipinski definition) is 6. The maximum atomic E-state index is 15.0. The van der Waals surface area contributed by atoms with E-state index in [-0.39, 0.29) is 30.2 Å². The molecule has 1 amide bonds. The number of Topliss-reactive ketones (excluding diaryl/α,β-unsaturated/α-hetero) is 1. The Labute approximate surface area is 172 Å². The number of benzene rings is 1. The Morgan fingerprint density at radius 3 is 2.37 bits per heavy atom. The molecule has 0 spiro atoms. The monoisotopic (exact) mass is 418 g/mol. The highest BCUT2D eigenvalue weighted by Crippen LogP contribution is 2.40. The summed E-state index contributed by atoms with van der Waals surface area (Å²) in [6.45, 7) is 1.89. The molecule has 7 nitrogen and oxygen atoms in total. The number of hydrogen-bond donors (Lipinski definition) is 2. The molecule has 4 atom stereocenters. The van der Waals surface area contributed by atoms with Crippen molar-refractivity contribution in [2.45, 2.75) is 56.4 Å². The van der Waals surface area contributed by atoms with Crippen molar-refractivity contribution in [3.8, 4) is 0 Å². The number of piperazine rings is 1. The summed E-state index contributed by atoms with van der Waals surface area (Å²) in [6, 6.07) is 0.464. The standard InChI is InChI=1S/C21H24F2N4O3/c22-15-5-16(23)20(26-8-11-1-2-12(26)6-24-11)14-9-27(21(30)19(14)15)13-3-4-17(25-7-13)18(29)10-28/h5,10-13,17,24-25H,1-4,6-9H2. The van der Waals surface area contributed by atoms with Crippen molar-refractivity contribution in [2.75, 3.05) is 24.5 Å². The van der Waals surface area contributed by atoms with Gasteiger partial charge in [-0.2, -0.15) is 0 Å². The third-order valence-electron chi connectivity index (χ3n) is 7.03. The first-order valence-corrected chi connectivity index (χ1v) is 10.5. The summed E-state index contributed by atoms with van der Waals surface area (Å²) in [6.07, 6.45) is 3.23. The SMILES string of the molecule is O=CC(=O)C1CCC(N2Cc3c(c(F)cc(F)c3N3CC4CCC3CN4)C2=O)CN1. The number of amides is 1. The summed E-state index contributed by atoms with van der Waals surface area (Å²) in [7, 11) is 0. The maximum absolute atomic E-state index is 15.0. The zero-order chi connectivity index (χ0) is 21.0. The van der Waals surface area contributed by atoms with E-state index in [4.69, 9.17) is 0 Å². The van der Waals surface area contributed by atoms with Gasteiger partial charge in [-0.15, -0.1) is 0 Å². The first kappa shape index (κ1) is 19.6. The van der Waals surface area contributed by atoms with Gasteiger partial charge in [0, 0.05) is 55.9 Å². The third kappa shape index (κ3) is 3.02. The van der Waals surface area contributed by atoms with Crippen molar-refractivity contribution in [2.24, 2.45) is 0 Å². The molecule has 4 unspecified atom stereocenters. The van der Waals surface area contributed by atoms with Crippen molar-refractivity contribution in [3.05, 3.63) is 28.8 Å². The first-order valence-electron chi connectivity index (χ1n) is 10.5. The van der Waals surface area contributed by atoms with Gasteiger partial charge in [0.05, 0.1) is 17.3 Å². The Hall–Kier alpha value is -2.39. The predicted octanol–water partition coefficient (Wildman–Crippen LogP) is 0.750. The molecule has 30 heavy (non-hydrogen) atoms. The summed E-state index contributed by atoms with van der Waals surface area (Å²) in [5.41, 5.74) is 0.749. The van der Waals surface area contributed by atoms with Gasteiger partial charge in [0.2, 0.25) is 5.78 Å². The molecule has 1 aromatic rings. The van der Waals surface area contributed by atoms with E-state index in [9.17, 15) is 23.2 Å². The number of nitrogens with one attached hydrogen (secondary N) is 2. The molecule has 0 aromatic heterocycles. The zero-order valence-electron chi connectivity index (χ0n) is 16.5. The molecule has 5 heterocycles. The van der Waals surface area contributed by atoms with Crippen molar-refractivity contribution < 1.29 is 23.2 Å². The second-order valence-electron chi connectivity index (χ2n) is 8.68. The van der Waals surface area contributed by atoms with Crippen LogP contribution in [0, 0.1) is 11.6 Å². The molecule has 4 saturated heterocycles. The molecule has 2 bridgehead atoms.